The zero-order valence-corrected chi connectivity index (χ0v) is 11.8. The molecule has 18 heavy (non-hydrogen) atoms. The Labute approximate surface area is 110 Å². The van der Waals surface area contributed by atoms with Crippen LogP contribution in [-0.2, 0) is 6.42 Å². The van der Waals surface area contributed by atoms with Crippen molar-refractivity contribution in [3.05, 3.63) is 29.3 Å². The highest BCUT2D eigenvalue weighted by Gasteiger charge is 2.60. The lowest BCUT2D eigenvalue weighted by Crippen LogP contribution is -2.61. The van der Waals surface area contributed by atoms with Gasteiger partial charge in [-0.05, 0) is 60.4 Å². The van der Waals surface area contributed by atoms with E-state index in [2.05, 4.69) is 44.4 Å². The number of methoxy groups -OCH3 is 1. The third kappa shape index (κ3) is 1.33. The summed E-state index contributed by atoms with van der Waals surface area (Å²) >= 11 is 0. The van der Waals surface area contributed by atoms with Gasteiger partial charge in [-0.15, -0.1) is 0 Å². The van der Waals surface area contributed by atoms with Gasteiger partial charge in [0.1, 0.15) is 5.75 Å². The van der Waals surface area contributed by atoms with Gasteiger partial charge >= 0.3 is 0 Å². The molecule has 0 aromatic heterocycles. The van der Waals surface area contributed by atoms with E-state index in [1.807, 2.05) is 0 Å². The summed E-state index contributed by atoms with van der Waals surface area (Å²) in [7, 11) is 3.86. The van der Waals surface area contributed by atoms with E-state index in [1.54, 1.807) is 7.11 Å². The number of hydrogen-bond donors (Lipinski definition) is 1. The summed E-state index contributed by atoms with van der Waals surface area (Å²) in [5, 5.41) is 3.55. The molecule has 1 N–H and O–H groups in total. The first kappa shape index (κ1) is 12.0. The number of hydrogen-bond acceptors (Lipinski definition) is 2. The summed E-state index contributed by atoms with van der Waals surface area (Å²) in [5.41, 5.74) is 3.47. The summed E-state index contributed by atoms with van der Waals surface area (Å²) in [5.74, 6) is 2.49. The van der Waals surface area contributed by atoms with Crippen molar-refractivity contribution >= 4 is 0 Å². The highest BCUT2D eigenvalue weighted by Crippen LogP contribution is 2.63. The van der Waals surface area contributed by atoms with Crippen LogP contribution in [-0.4, -0.2) is 20.2 Å². The van der Waals surface area contributed by atoms with Crippen LogP contribution in [0.25, 0.3) is 0 Å². The van der Waals surface area contributed by atoms with E-state index >= 15 is 0 Å². The minimum Gasteiger partial charge on any atom is -0.497 e. The molecule has 0 saturated heterocycles. The van der Waals surface area contributed by atoms with Gasteiger partial charge in [0, 0.05) is 6.04 Å². The molecule has 2 aliphatic rings. The van der Waals surface area contributed by atoms with Crippen LogP contribution in [0.5, 0.6) is 5.75 Å². The molecule has 2 nitrogen and oxygen atoms in total. The van der Waals surface area contributed by atoms with Crippen molar-refractivity contribution in [1.82, 2.24) is 5.32 Å². The zero-order chi connectivity index (χ0) is 12.9. The molecule has 1 saturated carbocycles. The maximum Gasteiger partial charge on any atom is 0.119 e. The van der Waals surface area contributed by atoms with Crippen LogP contribution in [0.15, 0.2) is 18.2 Å². The van der Waals surface area contributed by atoms with Gasteiger partial charge in [0.2, 0.25) is 0 Å². The van der Waals surface area contributed by atoms with Crippen molar-refractivity contribution < 1.29 is 4.74 Å². The number of rotatable bonds is 3. The first-order valence-corrected chi connectivity index (χ1v) is 6.99. The van der Waals surface area contributed by atoms with Crippen LogP contribution in [0.2, 0.25) is 0 Å². The normalized spacial score (nSPS) is 36.8. The Balaban J connectivity index is 2.01. The monoisotopic (exact) mass is 245 g/mol. The molecule has 4 atom stereocenters. The van der Waals surface area contributed by atoms with E-state index in [-0.39, 0.29) is 0 Å². The van der Waals surface area contributed by atoms with E-state index in [0.717, 1.165) is 11.7 Å². The Morgan fingerprint density at radius 2 is 2.22 bits per heavy atom. The predicted molar refractivity (Wildman–Crippen MR) is 74.2 cm³/mol. The van der Waals surface area contributed by atoms with Gasteiger partial charge in [-0.3, -0.25) is 0 Å². The molecule has 0 amide bonds. The van der Waals surface area contributed by atoms with Gasteiger partial charge in [0.05, 0.1) is 7.11 Å². The van der Waals surface area contributed by atoms with E-state index in [9.17, 15) is 0 Å². The fraction of sp³-hybridized carbons (Fsp3) is 0.625. The lowest BCUT2D eigenvalue weighted by Gasteiger charge is -2.58. The Bertz CT molecular complexity index is 470. The molecule has 0 aliphatic heterocycles. The minimum absolute atomic E-state index is 0.400. The fourth-order valence-corrected chi connectivity index (χ4v) is 4.48. The maximum atomic E-state index is 5.39. The topological polar surface area (TPSA) is 21.3 Å². The number of ether oxygens (including phenoxy) is 1. The van der Waals surface area contributed by atoms with Crippen LogP contribution >= 0.6 is 0 Å². The van der Waals surface area contributed by atoms with Gasteiger partial charge in [-0.1, -0.05) is 19.9 Å². The quantitative estimate of drug-likeness (QED) is 0.884. The van der Waals surface area contributed by atoms with E-state index in [0.29, 0.717) is 17.4 Å². The van der Waals surface area contributed by atoms with Crippen LogP contribution in [0.1, 0.15) is 37.3 Å². The second-order valence-electron chi connectivity index (χ2n) is 6.04. The van der Waals surface area contributed by atoms with E-state index in [1.165, 1.54) is 24.0 Å². The van der Waals surface area contributed by atoms with Crippen LogP contribution in [0.3, 0.4) is 0 Å². The molecule has 1 aromatic rings. The van der Waals surface area contributed by atoms with Crippen molar-refractivity contribution in [1.29, 1.82) is 0 Å². The molecular formula is C16H23NO. The Morgan fingerprint density at radius 1 is 1.44 bits per heavy atom. The SMILES string of the molecule is CCC1(C)C(NC)C2Cc3ccc(OC)cc3C21. The van der Waals surface area contributed by atoms with Crippen molar-refractivity contribution in [2.45, 2.75) is 38.6 Å². The maximum absolute atomic E-state index is 5.39. The van der Waals surface area contributed by atoms with Gasteiger partial charge < -0.3 is 10.1 Å². The summed E-state index contributed by atoms with van der Waals surface area (Å²) in [6.07, 6.45) is 2.46. The highest BCUT2D eigenvalue weighted by molar-refractivity contribution is 5.47. The van der Waals surface area contributed by atoms with Crippen molar-refractivity contribution in [3.63, 3.8) is 0 Å². The summed E-state index contributed by atoms with van der Waals surface area (Å²) in [6.45, 7) is 4.75. The Hall–Kier alpha value is -1.02. The summed E-state index contributed by atoms with van der Waals surface area (Å²) in [4.78, 5) is 0. The molecule has 1 fully saturated rings. The molecule has 0 spiro atoms. The molecule has 3 rings (SSSR count). The number of benzene rings is 1. The molecular weight excluding hydrogens is 222 g/mol. The first-order chi connectivity index (χ1) is 8.65. The molecule has 2 heteroatoms. The molecule has 0 bridgehead atoms. The zero-order valence-electron chi connectivity index (χ0n) is 11.8. The second kappa shape index (κ2) is 3.99. The standard InChI is InChI=1S/C16H23NO/c1-5-16(2)14-12-9-11(18-4)7-6-10(12)8-13(14)15(16)17-3/h6-7,9,13-15,17H,5,8H2,1-4H3. The van der Waals surface area contributed by atoms with E-state index in [4.69, 9.17) is 4.74 Å². The molecule has 1 aromatic carbocycles. The lowest BCUT2D eigenvalue weighted by molar-refractivity contribution is -0.0138. The average molecular weight is 245 g/mol. The third-order valence-corrected chi connectivity index (χ3v) is 5.49. The summed E-state index contributed by atoms with van der Waals surface area (Å²) in [6, 6.07) is 7.28. The molecule has 0 heterocycles. The number of nitrogens with one attached hydrogen (secondary N) is 1. The van der Waals surface area contributed by atoms with Gasteiger partial charge in [-0.25, -0.2) is 0 Å². The fourth-order valence-electron chi connectivity index (χ4n) is 4.48. The third-order valence-electron chi connectivity index (χ3n) is 5.49. The lowest BCUT2D eigenvalue weighted by atomic mass is 9.50. The Morgan fingerprint density at radius 3 is 2.83 bits per heavy atom. The van der Waals surface area contributed by atoms with Crippen molar-refractivity contribution in [2.75, 3.05) is 14.2 Å². The highest BCUT2D eigenvalue weighted by atomic mass is 16.5. The second-order valence-corrected chi connectivity index (χ2v) is 6.04. The van der Waals surface area contributed by atoms with Crippen LogP contribution in [0.4, 0.5) is 0 Å². The van der Waals surface area contributed by atoms with E-state index < -0.39 is 0 Å². The number of fused-ring (bicyclic) bond motifs is 3. The largest absolute Gasteiger partial charge is 0.497 e. The van der Waals surface area contributed by atoms with Gasteiger partial charge in [0.15, 0.2) is 0 Å². The average Bonchev–Trinajstić information content (AvgIpc) is 2.73. The predicted octanol–water partition coefficient (Wildman–Crippen LogP) is 2.97. The molecule has 4 unspecified atom stereocenters. The Kier molecular flexibility index (Phi) is 2.67. The van der Waals surface area contributed by atoms with Gasteiger partial charge in [0.25, 0.3) is 0 Å². The van der Waals surface area contributed by atoms with Gasteiger partial charge in [-0.2, -0.15) is 0 Å². The first-order valence-electron chi connectivity index (χ1n) is 6.99. The molecule has 98 valence electrons. The molecule has 0 radical (unpaired) electrons. The molecule has 2 aliphatic carbocycles. The smallest absolute Gasteiger partial charge is 0.119 e. The van der Waals surface area contributed by atoms with Crippen LogP contribution in [0, 0.1) is 11.3 Å². The summed E-state index contributed by atoms with van der Waals surface area (Å²) < 4.78 is 5.39. The van der Waals surface area contributed by atoms with Crippen LogP contribution < -0.4 is 10.1 Å². The van der Waals surface area contributed by atoms with Crippen molar-refractivity contribution in [2.24, 2.45) is 11.3 Å². The minimum atomic E-state index is 0.400. The van der Waals surface area contributed by atoms with Crippen molar-refractivity contribution in [3.8, 4) is 5.75 Å².